The maximum absolute atomic E-state index is 13.0. The highest BCUT2D eigenvalue weighted by molar-refractivity contribution is 6.05. The van der Waals surface area contributed by atoms with Crippen LogP contribution in [0.3, 0.4) is 0 Å². The number of aryl methyl sites for hydroxylation is 1. The Labute approximate surface area is 143 Å². The molecule has 1 amide bonds. The van der Waals surface area contributed by atoms with Gasteiger partial charge in [-0.1, -0.05) is 23.3 Å². The van der Waals surface area contributed by atoms with Crippen LogP contribution >= 0.6 is 0 Å². The molecule has 0 saturated carbocycles. The zero-order chi connectivity index (χ0) is 17.4. The number of amides is 1. The van der Waals surface area contributed by atoms with Crippen molar-refractivity contribution >= 4 is 17.5 Å². The van der Waals surface area contributed by atoms with Gasteiger partial charge in [-0.3, -0.25) is 4.79 Å². The zero-order valence-electron chi connectivity index (χ0n) is 13.7. The standard InChI is InChI=1S/C17H16N6O2/c1-10-8-9-13(25-10)15-14(11(2)18-17-20-21-22-23(15)17)16(24)19-12-6-4-3-5-7-12/h3-9,15H,1-2H3,(H,19,24)(H,18,20,22). The van der Waals surface area contributed by atoms with Gasteiger partial charge in [0.25, 0.3) is 5.91 Å². The van der Waals surface area contributed by atoms with Gasteiger partial charge in [-0.15, -0.1) is 0 Å². The van der Waals surface area contributed by atoms with Crippen LogP contribution in [0.2, 0.25) is 0 Å². The molecule has 1 atom stereocenters. The van der Waals surface area contributed by atoms with Crippen molar-refractivity contribution in [2.75, 3.05) is 10.6 Å². The van der Waals surface area contributed by atoms with Crippen molar-refractivity contribution in [2.24, 2.45) is 0 Å². The number of fused-ring (bicyclic) bond motifs is 1. The normalized spacial score (nSPS) is 16.3. The van der Waals surface area contributed by atoms with Gasteiger partial charge >= 0.3 is 0 Å². The number of hydrogen-bond acceptors (Lipinski definition) is 6. The van der Waals surface area contributed by atoms with Crippen LogP contribution in [-0.4, -0.2) is 26.1 Å². The van der Waals surface area contributed by atoms with Gasteiger partial charge in [-0.05, 0) is 48.5 Å². The lowest BCUT2D eigenvalue weighted by Gasteiger charge is -2.26. The van der Waals surface area contributed by atoms with Crippen LogP contribution in [0, 0.1) is 6.92 Å². The first-order valence-electron chi connectivity index (χ1n) is 7.82. The lowest BCUT2D eigenvalue weighted by Crippen LogP contribution is -2.31. The second-order valence-electron chi connectivity index (χ2n) is 5.78. The van der Waals surface area contributed by atoms with E-state index in [0.717, 1.165) is 5.76 Å². The van der Waals surface area contributed by atoms with Gasteiger partial charge in [-0.25, -0.2) is 0 Å². The average molecular weight is 336 g/mol. The van der Waals surface area contributed by atoms with E-state index in [2.05, 4.69) is 26.2 Å². The predicted molar refractivity (Wildman–Crippen MR) is 90.8 cm³/mol. The minimum atomic E-state index is -0.538. The lowest BCUT2D eigenvalue weighted by molar-refractivity contribution is -0.113. The Kier molecular flexibility index (Phi) is 3.57. The first-order chi connectivity index (χ1) is 12.1. The molecule has 8 nitrogen and oxygen atoms in total. The fraction of sp³-hybridized carbons (Fsp3) is 0.176. The predicted octanol–water partition coefficient (Wildman–Crippen LogP) is 2.50. The Bertz CT molecular complexity index is 956. The van der Waals surface area contributed by atoms with Crippen molar-refractivity contribution in [3.63, 3.8) is 0 Å². The summed E-state index contributed by atoms with van der Waals surface area (Å²) in [5.74, 6) is 1.58. The number of rotatable bonds is 3. The van der Waals surface area contributed by atoms with E-state index in [1.54, 1.807) is 4.68 Å². The quantitative estimate of drug-likeness (QED) is 0.762. The van der Waals surface area contributed by atoms with Gasteiger partial charge in [0.05, 0.1) is 5.57 Å². The van der Waals surface area contributed by atoms with Gasteiger partial charge in [0.2, 0.25) is 5.95 Å². The number of aromatic nitrogens is 4. The van der Waals surface area contributed by atoms with Crippen LogP contribution in [0.1, 0.15) is 24.5 Å². The number of allylic oxidation sites excluding steroid dienone is 1. The fourth-order valence-electron chi connectivity index (χ4n) is 2.89. The fourth-order valence-corrected chi connectivity index (χ4v) is 2.89. The van der Waals surface area contributed by atoms with E-state index in [0.29, 0.717) is 28.7 Å². The second-order valence-corrected chi connectivity index (χ2v) is 5.78. The molecule has 0 bridgehead atoms. The lowest BCUT2D eigenvalue weighted by atomic mass is 10.00. The third kappa shape index (κ3) is 2.67. The third-order valence-corrected chi connectivity index (χ3v) is 4.02. The van der Waals surface area contributed by atoms with Crippen molar-refractivity contribution in [1.29, 1.82) is 0 Å². The van der Waals surface area contributed by atoms with Crippen LogP contribution < -0.4 is 10.6 Å². The molecule has 0 aliphatic carbocycles. The molecule has 126 valence electrons. The van der Waals surface area contributed by atoms with Gasteiger partial charge in [0.15, 0.2) is 0 Å². The van der Waals surface area contributed by atoms with Gasteiger partial charge in [0.1, 0.15) is 17.6 Å². The highest BCUT2D eigenvalue weighted by Crippen LogP contribution is 2.35. The van der Waals surface area contributed by atoms with Crippen LogP contribution in [-0.2, 0) is 4.79 Å². The molecular formula is C17H16N6O2. The summed E-state index contributed by atoms with van der Waals surface area (Å²) in [6, 6.07) is 12.4. The Morgan fingerprint density at radius 3 is 2.72 bits per heavy atom. The summed E-state index contributed by atoms with van der Waals surface area (Å²) in [6.07, 6.45) is 0. The summed E-state index contributed by atoms with van der Waals surface area (Å²) in [4.78, 5) is 13.0. The van der Waals surface area contributed by atoms with Crippen LogP contribution in [0.15, 0.2) is 58.2 Å². The summed E-state index contributed by atoms with van der Waals surface area (Å²) < 4.78 is 7.32. The van der Waals surface area contributed by atoms with Crippen molar-refractivity contribution in [2.45, 2.75) is 19.9 Å². The average Bonchev–Trinajstić information content (AvgIpc) is 3.23. The highest BCUT2D eigenvalue weighted by atomic mass is 16.3. The molecule has 0 fully saturated rings. The molecule has 0 saturated heterocycles. The Balaban J connectivity index is 1.76. The van der Waals surface area contributed by atoms with Crippen molar-refractivity contribution < 1.29 is 9.21 Å². The molecule has 2 N–H and O–H groups in total. The van der Waals surface area contributed by atoms with Gasteiger partial charge in [-0.2, -0.15) is 4.68 Å². The SMILES string of the molecule is CC1=C(C(=O)Nc2ccccc2)C(c2ccc(C)o2)n2nnnc2N1. The summed E-state index contributed by atoms with van der Waals surface area (Å²) in [7, 11) is 0. The van der Waals surface area contributed by atoms with E-state index in [4.69, 9.17) is 4.42 Å². The van der Waals surface area contributed by atoms with E-state index in [1.165, 1.54) is 0 Å². The van der Waals surface area contributed by atoms with Gasteiger partial charge < -0.3 is 15.1 Å². The number of carbonyl (C=O) groups is 1. The molecule has 2 aromatic heterocycles. The number of para-hydroxylation sites is 1. The van der Waals surface area contributed by atoms with Crippen molar-refractivity contribution in [3.05, 3.63) is 65.3 Å². The van der Waals surface area contributed by atoms with E-state index >= 15 is 0 Å². The summed E-state index contributed by atoms with van der Waals surface area (Å²) in [6.45, 7) is 3.67. The molecule has 25 heavy (non-hydrogen) atoms. The molecule has 1 unspecified atom stereocenters. The number of furan rings is 1. The number of nitrogens with zero attached hydrogens (tertiary/aromatic N) is 4. The van der Waals surface area contributed by atoms with E-state index in [9.17, 15) is 4.79 Å². The molecule has 4 rings (SSSR count). The largest absolute Gasteiger partial charge is 0.464 e. The van der Waals surface area contributed by atoms with Gasteiger partial charge in [0, 0.05) is 11.4 Å². The Hall–Kier alpha value is -3.42. The number of benzene rings is 1. The second kappa shape index (κ2) is 5.90. The molecule has 0 spiro atoms. The number of nitrogens with one attached hydrogen (secondary N) is 2. The molecule has 0 radical (unpaired) electrons. The van der Waals surface area contributed by atoms with Crippen LogP contribution in [0.5, 0.6) is 0 Å². The first-order valence-corrected chi connectivity index (χ1v) is 7.82. The molecule has 8 heteroatoms. The number of carbonyl (C=O) groups excluding carboxylic acids is 1. The summed E-state index contributed by atoms with van der Waals surface area (Å²) in [5.41, 5.74) is 1.89. The molecule has 1 aliphatic rings. The Morgan fingerprint density at radius 1 is 1.20 bits per heavy atom. The minimum absolute atomic E-state index is 0.239. The van der Waals surface area contributed by atoms with E-state index in [-0.39, 0.29) is 5.91 Å². The van der Waals surface area contributed by atoms with Crippen LogP contribution in [0.25, 0.3) is 0 Å². The highest BCUT2D eigenvalue weighted by Gasteiger charge is 2.35. The smallest absolute Gasteiger partial charge is 0.256 e. The number of tetrazole rings is 1. The first kappa shape index (κ1) is 15.1. The van der Waals surface area contributed by atoms with E-state index in [1.807, 2.05) is 56.3 Å². The summed E-state index contributed by atoms with van der Waals surface area (Å²) in [5, 5.41) is 17.6. The Morgan fingerprint density at radius 2 is 2.00 bits per heavy atom. The third-order valence-electron chi connectivity index (χ3n) is 4.02. The molecule has 3 heterocycles. The van der Waals surface area contributed by atoms with Crippen molar-refractivity contribution in [3.8, 4) is 0 Å². The monoisotopic (exact) mass is 336 g/mol. The maximum atomic E-state index is 13.0. The van der Waals surface area contributed by atoms with Crippen LogP contribution in [0.4, 0.5) is 11.6 Å². The van der Waals surface area contributed by atoms with Crippen molar-refractivity contribution in [1.82, 2.24) is 20.2 Å². The number of anilines is 2. The number of hydrogen-bond donors (Lipinski definition) is 2. The topological polar surface area (TPSA) is 97.9 Å². The minimum Gasteiger partial charge on any atom is -0.464 e. The molecule has 1 aromatic carbocycles. The zero-order valence-corrected chi connectivity index (χ0v) is 13.7. The molecular weight excluding hydrogens is 320 g/mol. The molecule has 1 aliphatic heterocycles. The van der Waals surface area contributed by atoms with E-state index < -0.39 is 6.04 Å². The maximum Gasteiger partial charge on any atom is 0.256 e. The molecule has 3 aromatic rings. The summed E-state index contributed by atoms with van der Waals surface area (Å²) >= 11 is 0.